The third kappa shape index (κ3) is 2.48. The van der Waals surface area contributed by atoms with Crippen LogP contribution in [0.3, 0.4) is 0 Å². The van der Waals surface area contributed by atoms with Crippen LogP contribution in [0.4, 0.5) is 5.69 Å². The van der Waals surface area contributed by atoms with Crippen LogP contribution < -0.4 is 10.6 Å². The normalized spacial score (nSPS) is 16.1. The molecule has 0 spiro atoms. The Kier molecular flexibility index (Phi) is 3.21. The first-order valence-electron chi connectivity index (χ1n) is 5.65. The lowest BCUT2D eigenvalue weighted by Gasteiger charge is -2.31. The molecule has 1 aromatic heterocycles. The maximum Gasteiger partial charge on any atom is 0.0550 e. The predicted molar refractivity (Wildman–Crippen MR) is 62.7 cm³/mol. The number of nitrogens with two attached hydrogens (primary N) is 1. The molecule has 3 nitrogen and oxygen atoms in total. The fourth-order valence-corrected chi connectivity index (χ4v) is 1.93. The van der Waals surface area contributed by atoms with Crippen LogP contribution in [0.5, 0.6) is 0 Å². The molecule has 2 rings (SSSR count). The maximum absolute atomic E-state index is 5.51. The van der Waals surface area contributed by atoms with Gasteiger partial charge >= 0.3 is 0 Å². The van der Waals surface area contributed by atoms with E-state index in [0.717, 1.165) is 18.2 Å². The first-order chi connectivity index (χ1) is 7.29. The zero-order chi connectivity index (χ0) is 10.7. The monoisotopic (exact) mass is 205 g/mol. The molecule has 1 aliphatic carbocycles. The summed E-state index contributed by atoms with van der Waals surface area (Å²) in [6.07, 6.45) is 6.10. The Hall–Kier alpha value is -1.09. The van der Waals surface area contributed by atoms with Gasteiger partial charge in [-0.05, 0) is 30.9 Å². The molecule has 15 heavy (non-hydrogen) atoms. The van der Waals surface area contributed by atoms with Crippen molar-refractivity contribution in [3.63, 3.8) is 0 Å². The highest BCUT2D eigenvalue weighted by atomic mass is 15.1. The highest BCUT2D eigenvalue weighted by Gasteiger charge is 2.19. The minimum absolute atomic E-state index is 0.520. The van der Waals surface area contributed by atoms with E-state index in [-0.39, 0.29) is 0 Å². The number of nitrogens with zero attached hydrogens (tertiary/aromatic N) is 2. The summed E-state index contributed by atoms with van der Waals surface area (Å²) in [4.78, 5) is 6.59. The third-order valence-corrected chi connectivity index (χ3v) is 3.22. The molecule has 0 radical (unpaired) electrons. The number of aromatic nitrogens is 1. The fraction of sp³-hybridized carbons (Fsp3) is 0.583. The number of anilines is 1. The van der Waals surface area contributed by atoms with Crippen LogP contribution >= 0.6 is 0 Å². The van der Waals surface area contributed by atoms with Crippen LogP contribution in [0.2, 0.25) is 0 Å². The molecule has 1 aromatic rings. The lowest BCUT2D eigenvalue weighted by atomic mass is 9.85. The van der Waals surface area contributed by atoms with Gasteiger partial charge < -0.3 is 10.6 Å². The Bertz CT molecular complexity index is 303. The molecule has 1 aliphatic rings. The van der Waals surface area contributed by atoms with Crippen molar-refractivity contribution in [1.29, 1.82) is 0 Å². The van der Waals surface area contributed by atoms with E-state index in [1.54, 1.807) is 0 Å². The van der Waals surface area contributed by atoms with Crippen molar-refractivity contribution in [1.82, 2.24) is 4.98 Å². The van der Waals surface area contributed by atoms with Gasteiger partial charge in [0.05, 0.1) is 17.6 Å². The average molecular weight is 205 g/mol. The van der Waals surface area contributed by atoms with Crippen molar-refractivity contribution in [2.24, 2.45) is 11.7 Å². The molecule has 0 bridgehead atoms. The van der Waals surface area contributed by atoms with Crippen molar-refractivity contribution >= 4 is 5.69 Å². The summed E-state index contributed by atoms with van der Waals surface area (Å²) in [5.74, 6) is 0.893. The van der Waals surface area contributed by atoms with E-state index in [2.05, 4.69) is 23.0 Å². The zero-order valence-electron chi connectivity index (χ0n) is 9.32. The second-order valence-corrected chi connectivity index (χ2v) is 4.39. The van der Waals surface area contributed by atoms with Crippen molar-refractivity contribution in [3.05, 3.63) is 24.0 Å². The van der Waals surface area contributed by atoms with Crippen LogP contribution in [-0.2, 0) is 6.54 Å². The minimum atomic E-state index is 0.520. The molecule has 1 fully saturated rings. The van der Waals surface area contributed by atoms with Crippen molar-refractivity contribution in [3.8, 4) is 0 Å². The Morgan fingerprint density at radius 1 is 1.47 bits per heavy atom. The summed E-state index contributed by atoms with van der Waals surface area (Å²) in [7, 11) is 2.14. The molecule has 1 heterocycles. The highest BCUT2D eigenvalue weighted by molar-refractivity contribution is 5.43. The van der Waals surface area contributed by atoms with Gasteiger partial charge in [0.2, 0.25) is 0 Å². The van der Waals surface area contributed by atoms with E-state index in [1.165, 1.54) is 24.9 Å². The van der Waals surface area contributed by atoms with Gasteiger partial charge in [0.15, 0.2) is 0 Å². The molecule has 82 valence electrons. The topological polar surface area (TPSA) is 42.1 Å². The SMILES string of the molecule is CN(CC1CCC1)c1ccc(CN)nc1. The second kappa shape index (κ2) is 4.62. The predicted octanol–water partition coefficient (Wildman–Crippen LogP) is 1.78. The summed E-state index contributed by atoms with van der Waals surface area (Å²) in [5.41, 5.74) is 7.66. The summed E-state index contributed by atoms with van der Waals surface area (Å²) in [6, 6.07) is 4.11. The average Bonchev–Trinajstić information content (AvgIpc) is 2.23. The molecule has 0 saturated heterocycles. The number of hydrogen-bond donors (Lipinski definition) is 1. The largest absolute Gasteiger partial charge is 0.373 e. The lowest BCUT2D eigenvalue weighted by Crippen LogP contribution is -2.29. The van der Waals surface area contributed by atoms with E-state index < -0.39 is 0 Å². The number of rotatable bonds is 4. The van der Waals surface area contributed by atoms with E-state index in [4.69, 9.17) is 5.73 Å². The van der Waals surface area contributed by atoms with Gasteiger partial charge in [-0.2, -0.15) is 0 Å². The molecular formula is C12H19N3. The Morgan fingerprint density at radius 3 is 2.73 bits per heavy atom. The van der Waals surface area contributed by atoms with Gasteiger partial charge in [-0.15, -0.1) is 0 Å². The first kappa shape index (κ1) is 10.4. The summed E-state index contributed by atoms with van der Waals surface area (Å²) in [5, 5.41) is 0. The molecule has 0 aliphatic heterocycles. The smallest absolute Gasteiger partial charge is 0.0550 e. The molecule has 3 heteroatoms. The molecule has 0 aromatic carbocycles. The van der Waals surface area contributed by atoms with Gasteiger partial charge in [-0.3, -0.25) is 4.98 Å². The Morgan fingerprint density at radius 2 is 2.27 bits per heavy atom. The summed E-state index contributed by atoms with van der Waals surface area (Å²) >= 11 is 0. The molecule has 1 saturated carbocycles. The van der Waals surface area contributed by atoms with E-state index >= 15 is 0 Å². The molecular weight excluding hydrogens is 186 g/mol. The summed E-state index contributed by atoms with van der Waals surface area (Å²) in [6.45, 7) is 1.68. The third-order valence-electron chi connectivity index (χ3n) is 3.22. The van der Waals surface area contributed by atoms with Crippen molar-refractivity contribution in [2.45, 2.75) is 25.8 Å². The van der Waals surface area contributed by atoms with Crippen LogP contribution in [0, 0.1) is 5.92 Å². The molecule has 0 unspecified atom stereocenters. The maximum atomic E-state index is 5.51. The fourth-order valence-electron chi connectivity index (χ4n) is 1.93. The highest BCUT2D eigenvalue weighted by Crippen LogP contribution is 2.28. The zero-order valence-corrected chi connectivity index (χ0v) is 9.32. The van der Waals surface area contributed by atoms with Gasteiger partial charge in [-0.25, -0.2) is 0 Å². The second-order valence-electron chi connectivity index (χ2n) is 4.39. The van der Waals surface area contributed by atoms with Crippen molar-refractivity contribution < 1.29 is 0 Å². The van der Waals surface area contributed by atoms with Gasteiger partial charge in [0.1, 0.15) is 0 Å². The van der Waals surface area contributed by atoms with Crippen LogP contribution in [0.15, 0.2) is 18.3 Å². The molecule has 2 N–H and O–H groups in total. The van der Waals surface area contributed by atoms with E-state index in [0.29, 0.717) is 6.54 Å². The van der Waals surface area contributed by atoms with Crippen molar-refractivity contribution in [2.75, 3.05) is 18.5 Å². The van der Waals surface area contributed by atoms with Crippen LogP contribution in [-0.4, -0.2) is 18.6 Å². The van der Waals surface area contributed by atoms with Crippen LogP contribution in [0.25, 0.3) is 0 Å². The van der Waals surface area contributed by atoms with Gasteiger partial charge in [-0.1, -0.05) is 6.42 Å². The summed E-state index contributed by atoms with van der Waals surface area (Å²) < 4.78 is 0. The first-order valence-corrected chi connectivity index (χ1v) is 5.65. The molecule has 0 amide bonds. The minimum Gasteiger partial charge on any atom is -0.373 e. The standard InChI is InChI=1S/C12H19N3/c1-15(9-10-3-2-4-10)12-6-5-11(7-13)14-8-12/h5-6,8,10H,2-4,7,9,13H2,1H3. The van der Waals surface area contributed by atoms with Gasteiger partial charge in [0, 0.05) is 20.1 Å². The Labute approximate surface area is 91.3 Å². The van der Waals surface area contributed by atoms with E-state index in [1.807, 2.05) is 12.3 Å². The Balaban J connectivity index is 1.94. The number of pyridine rings is 1. The number of hydrogen-bond acceptors (Lipinski definition) is 3. The lowest BCUT2D eigenvalue weighted by molar-refractivity contribution is 0.321. The van der Waals surface area contributed by atoms with E-state index in [9.17, 15) is 0 Å². The van der Waals surface area contributed by atoms with Gasteiger partial charge in [0.25, 0.3) is 0 Å². The van der Waals surface area contributed by atoms with Crippen LogP contribution in [0.1, 0.15) is 25.0 Å². The quantitative estimate of drug-likeness (QED) is 0.814. The molecule has 0 atom stereocenters.